The molecular formula is C22H25F2N5O3. The summed E-state index contributed by atoms with van der Waals surface area (Å²) in [7, 11) is 0. The number of carboxylic acid groups (broad SMARTS) is 1. The zero-order chi connectivity index (χ0) is 22.9. The summed E-state index contributed by atoms with van der Waals surface area (Å²) in [4.78, 5) is 35.2. The number of hydrogen-bond acceptors (Lipinski definition) is 6. The lowest BCUT2D eigenvalue weighted by molar-refractivity contribution is -0.141. The van der Waals surface area contributed by atoms with Crippen molar-refractivity contribution in [2.24, 2.45) is 0 Å². The summed E-state index contributed by atoms with van der Waals surface area (Å²) in [5.74, 6) is -5.29. The minimum atomic E-state index is -3.53. The number of anilines is 4. The number of fused-ring (bicyclic) bond motifs is 1. The Bertz CT molecular complexity index is 1010. The van der Waals surface area contributed by atoms with Crippen LogP contribution in [0.15, 0.2) is 30.5 Å². The summed E-state index contributed by atoms with van der Waals surface area (Å²) in [6.07, 6.45) is 5.34. The molecular weight excluding hydrogens is 420 g/mol. The minimum absolute atomic E-state index is 0.119. The summed E-state index contributed by atoms with van der Waals surface area (Å²) >= 11 is 0. The molecule has 1 aliphatic carbocycles. The zero-order valence-corrected chi connectivity index (χ0v) is 17.7. The second kappa shape index (κ2) is 8.68. The molecule has 1 aromatic heterocycles. The van der Waals surface area contributed by atoms with E-state index in [0.717, 1.165) is 30.6 Å². The van der Waals surface area contributed by atoms with Gasteiger partial charge in [-0.2, -0.15) is 13.8 Å². The number of nitrogens with zero attached hydrogens (tertiary/aromatic N) is 4. The SMILES string of the molecule is CCCN1C(=O)C(F)(F)CN(C2CCCC2)c2nc(Nc3ccc(C(=O)O)cc3)ncc21. The largest absolute Gasteiger partial charge is 0.478 e. The van der Waals surface area contributed by atoms with Gasteiger partial charge in [-0.15, -0.1) is 0 Å². The third kappa shape index (κ3) is 4.21. The van der Waals surface area contributed by atoms with Crippen molar-refractivity contribution in [2.75, 3.05) is 28.2 Å². The number of carbonyl (C=O) groups excluding carboxylic acids is 1. The van der Waals surface area contributed by atoms with E-state index in [4.69, 9.17) is 5.11 Å². The van der Waals surface area contributed by atoms with E-state index in [1.807, 2.05) is 6.92 Å². The van der Waals surface area contributed by atoms with Crippen molar-refractivity contribution < 1.29 is 23.5 Å². The van der Waals surface area contributed by atoms with E-state index in [2.05, 4.69) is 15.3 Å². The van der Waals surface area contributed by atoms with Gasteiger partial charge in [0.2, 0.25) is 5.95 Å². The molecule has 4 rings (SSSR count). The van der Waals surface area contributed by atoms with Crippen LogP contribution in [0.3, 0.4) is 0 Å². The second-order valence-corrected chi connectivity index (χ2v) is 8.14. The van der Waals surface area contributed by atoms with E-state index < -0.39 is 24.3 Å². The highest BCUT2D eigenvalue weighted by Gasteiger charge is 2.49. The molecule has 1 aromatic carbocycles. The van der Waals surface area contributed by atoms with Crippen LogP contribution in [0.4, 0.5) is 31.9 Å². The number of aromatic nitrogens is 2. The smallest absolute Gasteiger partial charge is 0.342 e. The summed E-state index contributed by atoms with van der Waals surface area (Å²) in [5.41, 5.74) is 0.984. The normalized spacial score (nSPS) is 18.4. The van der Waals surface area contributed by atoms with Crippen molar-refractivity contribution in [1.82, 2.24) is 9.97 Å². The standard InChI is InChI=1S/C22H25F2N5O3/c1-2-11-28-17-12-25-21(26-15-9-7-14(8-10-15)19(30)31)27-18(17)29(16-5-3-4-6-16)13-22(23,24)20(28)32/h7-10,12,16H,2-6,11,13H2,1H3,(H,30,31)(H,25,26,27). The number of nitrogens with one attached hydrogen (secondary N) is 1. The number of alkyl halides is 2. The molecule has 0 saturated heterocycles. The van der Waals surface area contributed by atoms with Gasteiger partial charge in [-0.1, -0.05) is 19.8 Å². The third-order valence-corrected chi connectivity index (χ3v) is 5.84. The van der Waals surface area contributed by atoms with E-state index >= 15 is 0 Å². The Morgan fingerprint density at radius 2 is 1.94 bits per heavy atom. The minimum Gasteiger partial charge on any atom is -0.478 e. The van der Waals surface area contributed by atoms with Gasteiger partial charge >= 0.3 is 11.9 Å². The van der Waals surface area contributed by atoms with Gasteiger partial charge in [0, 0.05) is 18.3 Å². The van der Waals surface area contributed by atoms with Crippen molar-refractivity contribution in [3.8, 4) is 0 Å². The van der Waals surface area contributed by atoms with Gasteiger partial charge in [-0.05, 0) is 43.5 Å². The summed E-state index contributed by atoms with van der Waals surface area (Å²) in [6, 6.07) is 5.93. The summed E-state index contributed by atoms with van der Waals surface area (Å²) in [6.45, 7) is 1.25. The van der Waals surface area contributed by atoms with Crippen LogP contribution < -0.4 is 15.1 Å². The van der Waals surface area contributed by atoms with Crippen LogP contribution in [0, 0.1) is 0 Å². The number of benzene rings is 1. The Balaban J connectivity index is 1.73. The monoisotopic (exact) mass is 445 g/mol. The Labute approximate surface area is 184 Å². The molecule has 0 spiro atoms. The van der Waals surface area contributed by atoms with Crippen molar-refractivity contribution in [1.29, 1.82) is 0 Å². The number of carboxylic acids is 1. The molecule has 170 valence electrons. The Kier molecular flexibility index (Phi) is 5.94. The molecule has 0 bridgehead atoms. The van der Waals surface area contributed by atoms with Gasteiger partial charge in [0.25, 0.3) is 5.91 Å². The molecule has 0 radical (unpaired) electrons. The van der Waals surface area contributed by atoms with Crippen LogP contribution in [-0.4, -0.2) is 52.0 Å². The van der Waals surface area contributed by atoms with Gasteiger partial charge < -0.3 is 20.2 Å². The average molecular weight is 445 g/mol. The quantitative estimate of drug-likeness (QED) is 0.692. The molecule has 32 heavy (non-hydrogen) atoms. The molecule has 2 heterocycles. The maximum Gasteiger partial charge on any atom is 0.342 e. The zero-order valence-electron chi connectivity index (χ0n) is 17.7. The lowest BCUT2D eigenvalue weighted by Gasteiger charge is -2.31. The molecule has 2 N–H and O–H groups in total. The number of aromatic carboxylic acids is 1. The predicted octanol–water partition coefficient (Wildman–Crippen LogP) is 4.06. The van der Waals surface area contributed by atoms with Crippen LogP contribution in [0.5, 0.6) is 0 Å². The van der Waals surface area contributed by atoms with Crippen molar-refractivity contribution >= 4 is 35.0 Å². The molecule has 0 unspecified atom stereocenters. The second-order valence-electron chi connectivity index (χ2n) is 8.14. The fourth-order valence-corrected chi connectivity index (χ4v) is 4.28. The van der Waals surface area contributed by atoms with E-state index in [-0.39, 0.29) is 29.8 Å². The number of carbonyl (C=O) groups is 2. The van der Waals surface area contributed by atoms with E-state index in [0.29, 0.717) is 17.9 Å². The first kappa shape index (κ1) is 21.9. The van der Waals surface area contributed by atoms with Gasteiger partial charge in [0.05, 0.1) is 18.3 Å². The van der Waals surface area contributed by atoms with Gasteiger partial charge in [0.1, 0.15) is 5.69 Å². The number of amides is 1. The van der Waals surface area contributed by atoms with E-state index in [1.54, 1.807) is 17.0 Å². The first-order valence-electron chi connectivity index (χ1n) is 10.7. The summed E-state index contributed by atoms with van der Waals surface area (Å²) in [5, 5.41) is 12.0. The number of rotatable bonds is 6. The average Bonchev–Trinajstić information content (AvgIpc) is 3.28. The van der Waals surface area contributed by atoms with Gasteiger partial charge in [-0.3, -0.25) is 4.79 Å². The molecule has 0 atom stereocenters. The molecule has 1 aliphatic heterocycles. The summed E-state index contributed by atoms with van der Waals surface area (Å²) < 4.78 is 29.8. The molecule has 1 saturated carbocycles. The van der Waals surface area contributed by atoms with Crippen molar-refractivity contribution in [3.63, 3.8) is 0 Å². The number of halogens is 2. The topological polar surface area (TPSA) is 98.7 Å². The van der Waals surface area contributed by atoms with Crippen LogP contribution in [-0.2, 0) is 4.79 Å². The van der Waals surface area contributed by atoms with Crippen LogP contribution in [0.25, 0.3) is 0 Å². The lowest BCUT2D eigenvalue weighted by Crippen LogP contribution is -2.49. The molecule has 2 aromatic rings. The fraction of sp³-hybridized carbons (Fsp3) is 0.455. The highest BCUT2D eigenvalue weighted by atomic mass is 19.3. The molecule has 1 fully saturated rings. The highest BCUT2D eigenvalue weighted by Crippen LogP contribution is 2.40. The maximum absolute atomic E-state index is 14.9. The van der Waals surface area contributed by atoms with Crippen molar-refractivity contribution in [3.05, 3.63) is 36.0 Å². The van der Waals surface area contributed by atoms with E-state index in [9.17, 15) is 18.4 Å². The van der Waals surface area contributed by atoms with Gasteiger partial charge in [0.15, 0.2) is 5.82 Å². The molecule has 2 aliphatic rings. The Morgan fingerprint density at radius 1 is 1.25 bits per heavy atom. The van der Waals surface area contributed by atoms with Crippen LogP contribution in [0.2, 0.25) is 0 Å². The first-order chi connectivity index (χ1) is 15.3. The first-order valence-corrected chi connectivity index (χ1v) is 10.7. The van der Waals surface area contributed by atoms with Crippen molar-refractivity contribution in [2.45, 2.75) is 51.0 Å². The Hall–Kier alpha value is -3.30. The fourth-order valence-electron chi connectivity index (χ4n) is 4.28. The third-order valence-electron chi connectivity index (χ3n) is 5.84. The van der Waals surface area contributed by atoms with Gasteiger partial charge in [-0.25, -0.2) is 9.78 Å². The maximum atomic E-state index is 14.9. The van der Waals surface area contributed by atoms with Crippen LogP contribution in [0.1, 0.15) is 49.4 Å². The predicted molar refractivity (Wildman–Crippen MR) is 116 cm³/mol. The molecule has 8 nitrogen and oxygen atoms in total. The number of hydrogen-bond donors (Lipinski definition) is 2. The van der Waals surface area contributed by atoms with Crippen LogP contribution >= 0.6 is 0 Å². The molecule has 1 amide bonds. The van der Waals surface area contributed by atoms with E-state index in [1.165, 1.54) is 18.3 Å². The molecule has 10 heteroatoms. The lowest BCUT2D eigenvalue weighted by atomic mass is 10.2. The Morgan fingerprint density at radius 3 is 2.56 bits per heavy atom. The highest BCUT2D eigenvalue weighted by molar-refractivity contribution is 6.02.